The van der Waals surface area contributed by atoms with Crippen molar-refractivity contribution in [1.29, 1.82) is 0 Å². The van der Waals surface area contributed by atoms with Crippen LogP contribution in [0.15, 0.2) is 0 Å². The zero-order valence-electron chi connectivity index (χ0n) is 5.42. The van der Waals surface area contributed by atoms with Gasteiger partial charge in [-0.1, -0.05) is 0 Å². The molecule has 0 unspecified atom stereocenters. The Kier molecular flexibility index (Phi) is 1.71. The number of carbonyl (C=O) groups excluding carboxylic acids is 1. The second-order valence-electron chi connectivity index (χ2n) is 2.40. The molecule has 1 fully saturated rings. The Morgan fingerprint density at radius 3 is 2.89 bits per heavy atom. The first kappa shape index (κ1) is 6.55. The summed E-state index contributed by atoms with van der Waals surface area (Å²) in [6.45, 7) is 0.151. The molecule has 0 aromatic carbocycles. The van der Waals surface area contributed by atoms with Crippen LogP contribution in [0, 0.1) is 11.8 Å². The number of aliphatic hydroxyl groups is 1. The van der Waals surface area contributed by atoms with Crippen LogP contribution in [0.2, 0.25) is 0 Å². The maximum absolute atomic E-state index is 10.7. The molecule has 0 aromatic rings. The molecule has 0 bridgehead atoms. The van der Waals surface area contributed by atoms with Gasteiger partial charge in [-0.2, -0.15) is 0 Å². The summed E-state index contributed by atoms with van der Waals surface area (Å²) in [7, 11) is 1.62. The summed E-state index contributed by atoms with van der Waals surface area (Å²) >= 11 is 0. The Balaban J connectivity index is 2.25. The Hall–Kier alpha value is -0.570. The van der Waals surface area contributed by atoms with Crippen LogP contribution in [0.5, 0.6) is 0 Å². The lowest BCUT2D eigenvalue weighted by Crippen LogP contribution is -2.20. The fourth-order valence-electron chi connectivity index (χ4n) is 0.956. The van der Waals surface area contributed by atoms with E-state index in [1.165, 1.54) is 0 Å². The minimum absolute atomic E-state index is 0.0639. The van der Waals surface area contributed by atoms with Crippen LogP contribution in [-0.4, -0.2) is 24.7 Å². The third-order valence-electron chi connectivity index (χ3n) is 1.74. The van der Waals surface area contributed by atoms with Crippen LogP contribution >= 0.6 is 0 Å². The number of amides is 1. The minimum Gasteiger partial charge on any atom is -0.396 e. The summed E-state index contributed by atoms with van der Waals surface area (Å²) in [5.41, 5.74) is 0. The predicted octanol–water partition coefficient (Wildman–Crippen LogP) is -0.639. The SMILES string of the molecule is CNC(=O)[C@H]1C[C@@H]1CO. The average molecular weight is 129 g/mol. The molecule has 0 aliphatic heterocycles. The highest BCUT2D eigenvalue weighted by molar-refractivity contribution is 5.81. The highest BCUT2D eigenvalue weighted by Gasteiger charge is 2.41. The third kappa shape index (κ3) is 1.21. The van der Waals surface area contributed by atoms with Crippen molar-refractivity contribution in [3.63, 3.8) is 0 Å². The molecule has 2 atom stereocenters. The van der Waals surface area contributed by atoms with Gasteiger partial charge in [-0.15, -0.1) is 0 Å². The molecule has 9 heavy (non-hydrogen) atoms. The first-order valence-corrected chi connectivity index (χ1v) is 3.12. The van der Waals surface area contributed by atoms with Crippen molar-refractivity contribution >= 4 is 5.91 Å². The van der Waals surface area contributed by atoms with Gasteiger partial charge < -0.3 is 10.4 Å². The maximum Gasteiger partial charge on any atom is 0.223 e. The summed E-state index contributed by atoms with van der Waals surface area (Å²) in [5, 5.41) is 11.1. The van der Waals surface area contributed by atoms with Crippen LogP contribution in [0.3, 0.4) is 0 Å². The van der Waals surface area contributed by atoms with Crippen LogP contribution in [-0.2, 0) is 4.79 Å². The van der Waals surface area contributed by atoms with Gasteiger partial charge in [0, 0.05) is 19.6 Å². The van der Waals surface area contributed by atoms with E-state index >= 15 is 0 Å². The smallest absolute Gasteiger partial charge is 0.223 e. The Morgan fingerprint density at radius 1 is 1.89 bits per heavy atom. The first-order chi connectivity index (χ1) is 4.29. The number of nitrogens with one attached hydrogen (secondary N) is 1. The lowest BCUT2D eigenvalue weighted by molar-refractivity contribution is -0.122. The number of hydrogen-bond acceptors (Lipinski definition) is 2. The van der Waals surface area contributed by atoms with E-state index in [1.54, 1.807) is 7.05 Å². The monoisotopic (exact) mass is 129 g/mol. The molecule has 1 aliphatic carbocycles. The van der Waals surface area contributed by atoms with Crippen molar-refractivity contribution in [2.45, 2.75) is 6.42 Å². The topological polar surface area (TPSA) is 49.3 Å². The van der Waals surface area contributed by atoms with Crippen molar-refractivity contribution in [2.75, 3.05) is 13.7 Å². The number of hydrogen-bond donors (Lipinski definition) is 2. The van der Waals surface area contributed by atoms with Crippen molar-refractivity contribution in [1.82, 2.24) is 5.32 Å². The van der Waals surface area contributed by atoms with Gasteiger partial charge in [-0.25, -0.2) is 0 Å². The predicted molar refractivity (Wildman–Crippen MR) is 32.7 cm³/mol. The number of rotatable bonds is 2. The number of carbonyl (C=O) groups is 1. The molecular formula is C6H11NO2. The minimum atomic E-state index is 0.0639. The van der Waals surface area contributed by atoms with Gasteiger partial charge in [0.15, 0.2) is 0 Å². The van der Waals surface area contributed by atoms with Gasteiger partial charge in [0.2, 0.25) is 5.91 Å². The molecule has 0 aromatic heterocycles. The van der Waals surface area contributed by atoms with Gasteiger partial charge in [-0.05, 0) is 12.3 Å². The normalized spacial score (nSPS) is 31.8. The largest absolute Gasteiger partial charge is 0.396 e. The average Bonchev–Trinajstić information content (AvgIpc) is 2.64. The van der Waals surface area contributed by atoms with Gasteiger partial charge >= 0.3 is 0 Å². The van der Waals surface area contributed by atoms with Crippen molar-refractivity contribution in [2.24, 2.45) is 11.8 Å². The molecule has 0 radical (unpaired) electrons. The molecule has 52 valence electrons. The van der Waals surface area contributed by atoms with Gasteiger partial charge in [-0.3, -0.25) is 4.79 Å². The molecule has 0 saturated heterocycles. The molecule has 3 nitrogen and oxygen atoms in total. The maximum atomic E-state index is 10.7. The van der Waals surface area contributed by atoms with Crippen LogP contribution in [0.4, 0.5) is 0 Å². The molecule has 0 spiro atoms. The Bertz CT molecular complexity index is 124. The van der Waals surface area contributed by atoms with Crippen molar-refractivity contribution in [3.05, 3.63) is 0 Å². The number of aliphatic hydroxyl groups excluding tert-OH is 1. The summed E-state index contributed by atoms with van der Waals surface area (Å²) < 4.78 is 0. The van der Waals surface area contributed by atoms with E-state index in [4.69, 9.17) is 5.11 Å². The van der Waals surface area contributed by atoms with Crippen LogP contribution < -0.4 is 5.32 Å². The Labute approximate surface area is 54.1 Å². The zero-order valence-corrected chi connectivity index (χ0v) is 5.42. The van der Waals surface area contributed by atoms with Crippen LogP contribution in [0.1, 0.15) is 6.42 Å². The molecule has 1 saturated carbocycles. The molecule has 0 heterocycles. The van der Waals surface area contributed by atoms with Crippen LogP contribution in [0.25, 0.3) is 0 Å². The quantitative estimate of drug-likeness (QED) is 0.521. The molecule has 1 aliphatic rings. The summed E-state index contributed by atoms with van der Waals surface area (Å²) in [6, 6.07) is 0. The van der Waals surface area contributed by atoms with E-state index in [2.05, 4.69) is 5.32 Å². The van der Waals surface area contributed by atoms with Gasteiger partial charge in [0.1, 0.15) is 0 Å². The first-order valence-electron chi connectivity index (χ1n) is 3.12. The van der Waals surface area contributed by atoms with E-state index in [-0.39, 0.29) is 24.3 Å². The van der Waals surface area contributed by atoms with E-state index in [0.717, 1.165) is 6.42 Å². The molecule has 2 N–H and O–H groups in total. The second kappa shape index (κ2) is 2.35. The van der Waals surface area contributed by atoms with Crippen molar-refractivity contribution < 1.29 is 9.90 Å². The summed E-state index contributed by atoms with van der Waals surface area (Å²) in [5.74, 6) is 0.402. The lowest BCUT2D eigenvalue weighted by Gasteiger charge is -1.93. The summed E-state index contributed by atoms with van der Waals surface area (Å²) in [4.78, 5) is 10.7. The Morgan fingerprint density at radius 2 is 2.56 bits per heavy atom. The summed E-state index contributed by atoms with van der Waals surface area (Å²) in [6.07, 6.45) is 0.857. The fraction of sp³-hybridized carbons (Fsp3) is 0.833. The standard InChI is InChI=1S/C6H11NO2/c1-7-6(9)5-2-4(5)3-8/h4-5,8H,2-3H2,1H3,(H,7,9)/t4-,5+/m1/s1. The van der Waals surface area contributed by atoms with Gasteiger partial charge in [0.25, 0.3) is 0 Å². The molecular weight excluding hydrogens is 118 g/mol. The van der Waals surface area contributed by atoms with Crippen molar-refractivity contribution in [3.8, 4) is 0 Å². The fourth-order valence-corrected chi connectivity index (χ4v) is 0.956. The highest BCUT2D eigenvalue weighted by atomic mass is 16.3. The molecule has 1 rings (SSSR count). The lowest BCUT2D eigenvalue weighted by atomic mass is 10.3. The zero-order chi connectivity index (χ0) is 6.85. The van der Waals surface area contributed by atoms with E-state index in [0.29, 0.717) is 0 Å². The van der Waals surface area contributed by atoms with E-state index in [1.807, 2.05) is 0 Å². The van der Waals surface area contributed by atoms with Gasteiger partial charge in [0.05, 0.1) is 0 Å². The van der Waals surface area contributed by atoms with E-state index in [9.17, 15) is 4.79 Å². The molecule has 1 amide bonds. The third-order valence-corrected chi connectivity index (χ3v) is 1.74. The second-order valence-corrected chi connectivity index (χ2v) is 2.40. The highest BCUT2D eigenvalue weighted by Crippen LogP contribution is 2.37. The van der Waals surface area contributed by atoms with E-state index < -0.39 is 0 Å². The molecule has 3 heteroatoms.